The van der Waals surface area contributed by atoms with Gasteiger partial charge in [0.2, 0.25) is 11.9 Å². The van der Waals surface area contributed by atoms with Crippen molar-refractivity contribution in [1.82, 2.24) is 20.3 Å². The van der Waals surface area contributed by atoms with E-state index in [0.717, 1.165) is 24.9 Å². The van der Waals surface area contributed by atoms with Gasteiger partial charge < -0.3 is 16.0 Å². The standard InChI is InChI=1S/C23H22FN7O/c24-19-10-16(3-4-17(19)12-25)20-11-21(30-23(26)29-20)31-9-1-2-18(14-31)22(32)28-13-15-5-7-27-8-6-15/h3-8,10-11,18H,1-2,9,13-14H2,(H,28,32)(H2,26,29,30). The maximum atomic E-state index is 14.1. The number of hydrogen-bond donors (Lipinski definition) is 2. The topological polar surface area (TPSA) is 121 Å². The highest BCUT2D eigenvalue weighted by molar-refractivity contribution is 5.79. The average molecular weight is 431 g/mol. The molecule has 8 nitrogen and oxygen atoms in total. The second-order valence-electron chi connectivity index (χ2n) is 7.63. The molecule has 1 aromatic carbocycles. The molecule has 2 aromatic heterocycles. The summed E-state index contributed by atoms with van der Waals surface area (Å²) in [5.74, 6) is -0.163. The first-order chi connectivity index (χ1) is 15.5. The molecule has 1 aliphatic heterocycles. The number of pyridine rings is 1. The summed E-state index contributed by atoms with van der Waals surface area (Å²) in [6, 6.07) is 11.6. The number of nitrogens with two attached hydrogens (primary N) is 1. The number of nitrogen functional groups attached to an aromatic ring is 1. The molecule has 9 heteroatoms. The van der Waals surface area contributed by atoms with Crippen LogP contribution in [-0.2, 0) is 11.3 Å². The molecule has 1 saturated heterocycles. The zero-order valence-electron chi connectivity index (χ0n) is 17.3. The highest BCUT2D eigenvalue weighted by atomic mass is 19.1. The van der Waals surface area contributed by atoms with E-state index in [-0.39, 0.29) is 23.3 Å². The van der Waals surface area contributed by atoms with Crippen LogP contribution in [0.3, 0.4) is 0 Å². The predicted molar refractivity (Wildman–Crippen MR) is 118 cm³/mol. The highest BCUT2D eigenvalue weighted by Gasteiger charge is 2.27. The lowest BCUT2D eigenvalue weighted by atomic mass is 9.97. The van der Waals surface area contributed by atoms with Crippen molar-refractivity contribution in [2.45, 2.75) is 19.4 Å². The normalized spacial score (nSPS) is 15.8. The van der Waals surface area contributed by atoms with E-state index in [2.05, 4.69) is 20.3 Å². The molecule has 3 heterocycles. The molecule has 1 fully saturated rings. The number of rotatable bonds is 5. The molecule has 1 unspecified atom stereocenters. The number of amides is 1. The van der Waals surface area contributed by atoms with Gasteiger partial charge in [-0.15, -0.1) is 0 Å². The van der Waals surface area contributed by atoms with E-state index in [1.54, 1.807) is 30.6 Å². The Bertz CT molecular complexity index is 1160. The largest absolute Gasteiger partial charge is 0.368 e. The zero-order chi connectivity index (χ0) is 22.5. The van der Waals surface area contributed by atoms with Crippen LogP contribution < -0.4 is 16.0 Å². The first-order valence-electron chi connectivity index (χ1n) is 10.3. The van der Waals surface area contributed by atoms with Gasteiger partial charge in [0.05, 0.1) is 17.2 Å². The Balaban J connectivity index is 1.49. The lowest BCUT2D eigenvalue weighted by molar-refractivity contribution is -0.125. The summed E-state index contributed by atoms with van der Waals surface area (Å²) in [5.41, 5.74) is 7.84. The van der Waals surface area contributed by atoms with E-state index >= 15 is 0 Å². The number of benzene rings is 1. The van der Waals surface area contributed by atoms with E-state index in [1.165, 1.54) is 12.1 Å². The number of nitrogens with one attached hydrogen (secondary N) is 1. The molecular formula is C23H22FN7O. The van der Waals surface area contributed by atoms with Crippen molar-refractivity contribution in [2.24, 2.45) is 5.92 Å². The summed E-state index contributed by atoms with van der Waals surface area (Å²) in [7, 11) is 0. The van der Waals surface area contributed by atoms with Gasteiger partial charge in [-0.05, 0) is 42.7 Å². The number of piperidine rings is 1. The maximum Gasteiger partial charge on any atom is 0.225 e. The van der Waals surface area contributed by atoms with Crippen LogP contribution >= 0.6 is 0 Å². The van der Waals surface area contributed by atoms with Crippen LogP contribution in [0.4, 0.5) is 16.2 Å². The third-order valence-corrected chi connectivity index (χ3v) is 5.45. The fourth-order valence-corrected chi connectivity index (χ4v) is 3.76. The van der Waals surface area contributed by atoms with Crippen molar-refractivity contribution < 1.29 is 9.18 Å². The Morgan fingerprint density at radius 3 is 2.81 bits per heavy atom. The van der Waals surface area contributed by atoms with Crippen LogP contribution in [0.5, 0.6) is 0 Å². The van der Waals surface area contributed by atoms with Gasteiger partial charge in [0, 0.05) is 43.7 Å². The molecule has 0 saturated carbocycles. The Labute approximate surface area is 184 Å². The van der Waals surface area contributed by atoms with Crippen LogP contribution in [0.25, 0.3) is 11.3 Å². The number of carbonyl (C=O) groups is 1. The molecule has 1 aliphatic rings. The van der Waals surface area contributed by atoms with E-state index in [0.29, 0.717) is 30.2 Å². The van der Waals surface area contributed by atoms with Crippen LogP contribution in [0.15, 0.2) is 48.8 Å². The number of carbonyl (C=O) groups excluding carboxylic acids is 1. The molecule has 0 aliphatic carbocycles. The fraction of sp³-hybridized carbons (Fsp3) is 0.261. The number of hydrogen-bond acceptors (Lipinski definition) is 7. The van der Waals surface area contributed by atoms with Gasteiger partial charge in [0.25, 0.3) is 0 Å². The zero-order valence-corrected chi connectivity index (χ0v) is 17.3. The van der Waals surface area contributed by atoms with Crippen molar-refractivity contribution in [3.63, 3.8) is 0 Å². The van der Waals surface area contributed by atoms with Gasteiger partial charge >= 0.3 is 0 Å². The number of anilines is 2. The van der Waals surface area contributed by atoms with Crippen LogP contribution in [-0.4, -0.2) is 33.9 Å². The average Bonchev–Trinajstić information content (AvgIpc) is 2.83. The third kappa shape index (κ3) is 4.81. The lowest BCUT2D eigenvalue weighted by Gasteiger charge is -2.33. The van der Waals surface area contributed by atoms with Gasteiger partial charge in [-0.1, -0.05) is 6.07 Å². The minimum Gasteiger partial charge on any atom is -0.368 e. The van der Waals surface area contributed by atoms with Gasteiger partial charge in [0.1, 0.15) is 17.7 Å². The molecule has 0 spiro atoms. The molecular weight excluding hydrogens is 409 g/mol. The molecule has 4 rings (SSSR count). The van der Waals surface area contributed by atoms with E-state index < -0.39 is 5.82 Å². The Hall–Kier alpha value is -4.06. The minimum absolute atomic E-state index is 0.0112. The summed E-state index contributed by atoms with van der Waals surface area (Å²) in [6.07, 6.45) is 5.01. The molecule has 3 aromatic rings. The summed E-state index contributed by atoms with van der Waals surface area (Å²) in [5, 5.41) is 11.9. The first kappa shape index (κ1) is 21.2. The van der Waals surface area contributed by atoms with Crippen LogP contribution in [0.1, 0.15) is 24.0 Å². The molecule has 1 amide bonds. The summed E-state index contributed by atoms with van der Waals surface area (Å²) in [6.45, 7) is 1.68. The molecule has 32 heavy (non-hydrogen) atoms. The Morgan fingerprint density at radius 1 is 1.25 bits per heavy atom. The number of halogens is 1. The van der Waals surface area contributed by atoms with Crippen molar-refractivity contribution in [1.29, 1.82) is 5.26 Å². The molecule has 162 valence electrons. The predicted octanol–water partition coefficient (Wildman–Crippen LogP) is 2.66. The summed E-state index contributed by atoms with van der Waals surface area (Å²) in [4.78, 5) is 27.3. The van der Waals surface area contributed by atoms with Crippen molar-refractivity contribution in [2.75, 3.05) is 23.7 Å². The smallest absolute Gasteiger partial charge is 0.225 e. The van der Waals surface area contributed by atoms with Gasteiger partial charge in [-0.3, -0.25) is 9.78 Å². The number of nitriles is 1. The van der Waals surface area contributed by atoms with Crippen LogP contribution in [0, 0.1) is 23.1 Å². The maximum absolute atomic E-state index is 14.1. The SMILES string of the molecule is N#Cc1ccc(-c2cc(N3CCCC(C(=O)NCc4ccncc4)C3)nc(N)n2)cc1F. The quantitative estimate of drug-likeness (QED) is 0.637. The molecule has 1 atom stereocenters. The van der Waals surface area contributed by atoms with Gasteiger partial charge in [-0.2, -0.15) is 10.2 Å². The Kier molecular flexibility index (Phi) is 6.22. The Morgan fingerprint density at radius 2 is 2.06 bits per heavy atom. The fourth-order valence-electron chi connectivity index (χ4n) is 3.76. The number of nitrogens with zero attached hydrogens (tertiary/aromatic N) is 5. The van der Waals surface area contributed by atoms with Crippen molar-refractivity contribution in [3.8, 4) is 17.3 Å². The van der Waals surface area contributed by atoms with Crippen LogP contribution in [0.2, 0.25) is 0 Å². The highest BCUT2D eigenvalue weighted by Crippen LogP contribution is 2.27. The van der Waals surface area contributed by atoms with Crippen molar-refractivity contribution in [3.05, 3.63) is 65.7 Å². The minimum atomic E-state index is -0.618. The molecule has 3 N–H and O–H groups in total. The molecule has 0 bridgehead atoms. The monoisotopic (exact) mass is 431 g/mol. The first-order valence-corrected chi connectivity index (χ1v) is 10.3. The summed E-state index contributed by atoms with van der Waals surface area (Å²) < 4.78 is 14.1. The second kappa shape index (κ2) is 9.39. The number of aromatic nitrogens is 3. The summed E-state index contributed by atoms with van der Waals surface area (Å²) >= 11 is 0. The van der Waals surface area contributed by atoms with Crippen molar-refractivity contribution >= 4 is 17.7 Å². The lowest BCUT2D eigenvalue weighted by Crippen LogP contribution is -2.43. The van der Waals surface area contributed by atoms with E-state index in [4.69, 9.17) is 11.0 Å². The second-order valence-corrected chi connectivity index (χ2v) is 7.63. The van der Waals surface area contributed by atoms with Gasteiger partial charge in [0.15, 0.2) is 0 Å². The molecule has 0 radical (unpaired) electrons. The third-order valence-electron chi connectivity index (χ3n) is 5.45. The van der Waals surface area contributed by atoms with Gasteiger partial charge in [-0.25, -0.2) is 9.37 Å². The van der Waals surface area contributed by atoms with E-state index in [9.17, 15) is 9.18 Å². The van der Waals surface area contributed by atoms with E-state index in [1.807, 2.05) is 17.0 Å².